The van der Waals surface area contributed by atoms with E-state index in [1.54, 1.807) is 17.4 Å². The molecule has 1 saturated heterocycles. The summed E-state index contributed by atoms with van der Waals surface area (Å²) in [5.41, 5.74) is 2.18. The molecule has 6 heteroatoms. The molecule has 1 aromatic carbocycles. The summed E-state index contributed by atoms with van der Waals surface area (Å²) in [6, 6.07) is 12.1. The van der Waals surface area contributed by atoms with Gasteiger partial charge in [0.2, 0.25) is 0 Å². The fourth-order valence-corrected chi connectivity index (χ4v) is 3.76. The van der Waals surface area contributed by atoms with Crippen LogP contribution in [0.4, 0.5) is 4.79 Å². The molecule has 2 aliphatic rings. The van der Waals surface area contributed by atoms with Gasteiger partial charge in [-0.2, -0.15) is 4.90 Å². The molecule has 1 saturated carbocycles. The lowest BCUT2D eigenvalue weighted by molar-refractivity contribution is -0.126. The Morgan fingerprint density at radius 3 is 2.72 bits per heavy atom. The number of likely N-dealkylation sites (tertiary alicyclic amines) is 1. The molecule has 2 aromatic rings. The molecule has 25 heavy (non-hydrogen) atoms. The highest BCUT2D eigenvalue weighted by Crippen LogP contribution is 2.37. The van der Waals surface area contributed by atoms with Crippen molar-refractivity contribution in [2.24, 2.45) is 0 Å². The van der Waals surface area contributed by atoms with Crippen molar-refractivity contribution in [3.8, 4) is 0 Å². The summed E-state index contributed by atoms with van der Waals surface area (Å²) in [5, 5.41) is 9.26. The predicted molar refractivity (Wildman–Crippen MR) is 93.5 cm³/mol. The van der Waals surface area contributed by atoms with E-state index in [9.17, 15) is 4.79 Å². The van der Waals surface area contributed by atoms with Gasteiger partial charge in [-0.05, 0) is 24.5 Å². The van der Waals surface area contributed by atoms with Gasteiger partial charge >= 0.3 is 6.03 Å². The Labute approximate surface area is 146 Å². The van der Waals surface area contributed by atoms with Gasteiger partial charge < -0.3 is 5.32 Å². The van der Waals surface area contributed by atoms with Crippen molar-refractivity contribution in [1.29, 1.82) is 0 Å². The molecule has 4 rings (SSSR count). The second-order valence-corrected chi connectivity index (χ2v) is 6.78. The molecule has 3 N–H and O–H groups in total. The molecule has 0 unspecified atom stereocenters. The Hall–Kier alpha value is -2.76. The molecule has 2 fully saturated rings. The standard InChI is InChI=1S/C19H21N5O/c20-18-7-6-17(13-4-2-1-3-5-13)24(18)19(25)23-15-10-14(11-15)16-8-9-21-12-22-16/h1-5,8-9,12,14-15,17,20H,6-7,10-11H2,(H,23,25)/p+1/t14?,15?,17-/m0/s1. The molecule has 2 amide bonds. The lowest BCUT2D eigenvalue weighted by Gasteiger charge is -2.35. The number of nitrogens with one attached hydrogen (secondary N) is 1. The average Bonchev–Trinajstić information content (AvgIpc) is 3.01. The Balaban J connectivity index is 1.38. The Bertz CT molecular complexity index is 758. The number of rotatable bonds is 3. The number of hydrogen-bond donors (Lipinski definition) is 2. The van der Waals surface area contributed by atoms with Crippen molar-refractivity contribution in [2.75, 3.05) is 0 Å². The van der Waals surface area contributed by atoms with Crippen molar-refractivity contribution < 1.29 is 10.2 Å². The SMILES string of the molecule is [NH2+]=C1CC[C@@H](c2ccccc2)N1C(=O)NC1CC(c2ccncn2)C1. The molecule has 2 heterocycles. The number of nitrogens with zero attached hydrogens (tertiary/aromatic N) is 3. The van der Waals surface area contributed by atoms with Crippen LogP contribution in [0.5, 0.6) is 0 Å². The van der Waals surface area contributed by atoms with E-state index in [1.165, 1.54) is 0 Å². The molecule has 128 valence electrons. The van der Waals surface area contributed by atoms with Crippen molar-refractivity contribution >= 4 is 11.9 Å². The summed E-state index contributed by atoms with van der Waals surface area (Å²) >= 11 is 0. The Morgan fingerprint density at radius 2 is 2.00 bits per heavy atom. The minimum atomic E-state index is -0.0880. The van der Waals surface area contributed by atoms with E-state index < -0.39 is 0 Å². The first kappa shape index (κ1) is 15.7. The average molecular weight is 336 g/mol. The summed E-state index contributed by atoms with van der Waals surface area (Å²) in [7, 11) is 0. The van der Waals surface area contributed by atoms with Crippen LogP contribution in [0.2, 0.25) is 0 Å². The number of benzene rings is 1. The van der Waals surface area contributed by atoms with Gasteiger partial charge in [-0.3, -0.25) is 5.41 Å². The fourth-order valence-electron chi connectivity index (χ4n) is 3.76. The van der Waals surface area contributed by atoms with Crippen LogP contribution in [0, 0.1) is 0 Å². The lowest BCUT2D eigenvalue weighted by atomic mass is 9.78. The van der Waals surface area contributed by atoms with E-state index in [-0.39, 0.29) is 18.1 Å². The van der Waals surface area contributed by atoms with Crippen LogP contribution in [0.3, 0.4) is 0 Å². The van der Waals surface area contributed by atoms with Gasteiger partial charge in [0.15, 0.2) is 0 Å². The topological polar surface area (TPSA) is 83.7 Å². The normalized spacial score (nSPS) is 25.5. The van der Waals surface area contributed by atoms with Crippen molar-refractivity contribution in [3.05, 3.63) is 60.2 Å². The molecule has 6 nitrogen and oxygen atoms in total. The van der Waals surface area contributed by atoms with Crippen LogP contribution in [0.25, 0.3) is 0 Å². The van der Waals surface area contributed by atoms with Gasteiger partial charge in [0.05, 0.1) is 6.42 Å². The molecular formula is C19H22N5O+. The minimum absolute atomic E-state index is 0.0268. The highest BCUT2D eigenvalue weighted by atomic mass is 16.2. The first-order valence-electron chi connectivity index (χ1n) is 8.74. The molecule has 1 aliphatic carbocycles. The Kier molecular flexibility index (Phi) is 4.17. The van der Waals surface area contributed by atoms with Crippen molar-refractivity contribution in [2.45, 2.75) is 43.7 Å². The summed E-state index contributed by atoms with van der Waals surface area (Å²) in [6.07, 6.45) is 6.78. The van der Waals surface area contributed by atoms with Crippen LogP contribution in [-0.2, 0) is 0 Å². The quantitative estimate of drug-likeness (QED) is 0.889. The second-order valence-electron chi connectivity index (χ2n) is 6.78. The monoisotopic (exact) mass is 336 g/mol. The van der Waals surface area contributed by atoms with E-state index >= 15 is 0 Å². The van der Waals surface area contributed by atoms with Crippen LogP contribution in [-0.4, -0.2) is 32.8 Å². The third-order valence-electron chi connectivity index (χ3n) is 5.19. The number of amidine groups is 1. The Morgan fingerprint density at radius 1 is 1.20 bits per heavy atom. The summed E-state index contributed by atoms with van der Waals surface area (Å²) < 4.78 is 0. The molecule has 0 radical (unpaired) electrons. The van der Waals surface area contributed by atoms with E-state index in [2.05, 4.69) is 27.4 Å². The number of urea groups is 1. The van der Waals surface area contributed by atoms with E-state index in [1.807, 2.05) is 24.3 Å². The minimum Gasteiger partial charge on any atom is -0.315 e. The fraction of sp³-hybridized carbons (Fsp3) is 0.368. The maximum absolute atomic E-state index is 12.8. The number of hydrogen-bond acceptors (Lipinski definition) is 3. The van der Waals surface area contributed by atoms with Gasteiger partial charge in [0, 0.05) is 30.3 Å². The maximum Gasteiger partial charge on any atom is 0.409 e. The van der Waals surface area contributed by atoms with Crippen LogP contribution in [0.1, 0.15) is 48.9 Å². The molecule has 1 aromatic heterocycles. The lowest BCUT2D eigenvalue weighted by Crippen LogP contribution is -2.56. The number of aromatic nitrogens is 2. The predicted octanol–water partition coefficient (Wildman–Crippen LogP) is 1.43. The zero-order valence-corrected chi connectivity index (χ0v) is 14.0. The highest BCUT2D eigenvalue weighted by molar-refractivity contribution is 5.96. The summed E-state index contributed by atoms with van der Waals surface area (Å²) in [4.78, 5) is 22.7. The number of carbonyl (C=O) groups is 1. The first-order valence-corrected chi connectivity index (χ1v) is 8.74. The number of nitrogens with two attached hydrogens (primary N) is 1. The summed E-state index contributed by atoms with van der Waals surface area (Å²) in [6.45, 7) is 0. The van der Waals surface area contributed by atoms with E-state index in [0.29, 0.717) is 11.8 Å². The molecule has 0 bridgehead atoms. The number of carbonyl (C=O) groups excluding carboxylic acids is 1. The third-order valence-corrected chi connectivity index (χ3v) is 5.19. The van der Waals surface area contributed by atoms with E-state index in [0.717, 1.165) is 36.9 Å². The van der Waals surface area contributed by atoms with Crippen molar-refractivity contribution in [1.82, 2.24) is 20.2 Å². The van der Waals surface area contributed by atoms with Gasteiger partial charge in [-0.15, -0.1) is 0 Å². The van der Waals surface area contributed by atoms with Crippen molar-refractivity contribution in [3.63, 3.8) is 0 Å². The maximum atomic E-state index is 12.8. The van der Waals surface area contributed by atoms with Gasteiger partial charge in [-0.1, -0.05) is 30.3 Å². The van der Waals surface area contributed by atoms with Crippen LogP contribution in [0.15, 0.2) is 48.9 Å². The zero-order valence-electron chi connectivity index (χ0n) is 14.0. The highest BCUT2D eigenvalue weighted by Gasteiger charge is 2.43. The van der Waals surface area contributed by atoms with Gasteiger partial charge in [0.25, 0.3) is 5.84 Å². The molecule has 1 atom stereocenters. The first-order chi connectivity index (χ1) is 12.2. The largest absolute Gasteiger partial charge is 0.409 e. The van der Waals surface area contributed by atoms with Gasteiger partial charge in [-0.25, -0.2) is 14.8 Å². The number of amides is 2. The molecule has 0 spiro atoms. The summed E-state index contributed by atoms with van der Waals surface area (Å²) in [5.74, 6) is 1.05. The molecular weight excluding hydrogens is 314 g/mol. The van der Waals surface area contributed by atoms with E-state index in [4.69, 9.17) is 5.41 Å². The molecule has 1 aliphatic heterocycles. The van der Waals surface area contributed by atoms with Crippen LogP contribution >= 0.6 is 0 Å². The van der Waals surface area contributed by atoms with Crippen LogP contribution < -0.4 is 10.7 Å². The van der Waals surface area contributed by atoms with Gasteiger partial charge in [0.1, 0.15) is 12.4 Å². The smallest absolute Gasteiger partial charge is 0.315 e. The second kappa shape index (κ2) is 6.63. The zero-order chi connectivity index (χ0) is 17.2. The third kappa shape index (κ3) is 3.12.